The number of ketones is 1. The van der Waals surface area contributed by atoms with E-state index in [2.05, 4.69) is 4.90 Å². The SMILES string of the molecule is CCN(CC)CCCN1C(=O)C(=O)/C(=C(/O)c2ccc(OC)cc2)[C@@H]1c1cccc([N+](=O)[O-])c1. The van der Waals surface area contributed by atoms with E-state index in [1.807, 2.05) is 13.8 Å². The van der Waals surface area contributed by atoms with Gasteiger partial charge in [-0.25, -0.2) is 0 Å². The zero-order valence-electron chi connectivity index (χ0n) is 19.6. The highest BCUT2D eigenvalue weighted by atomic mass is 16.6. The van der Waals surface area contributed by atoms with Gasteiger partial charge in [0.15, 0.2) is 0 Å². The summed E-state index contributed by atoms with van der Waals surface area (Å²) < 4.78 is 5.14. The van der Waals surface area contributed by atoms with E-state index < -0.39 is 22.7 Å². The number of Topliss-reactive ketones (excluding diaryl/α,β-unsaturated/α-hetero) is 1. The number of aliphatic hydroxyl groups is 1. The third kappa shape index (κ3) is 5.09. The van der Waals surface area contributed by atoms with Crippen LogP contribution in [0.3, 0.4) is 0 Å². The molecule has 0 bridgehead atoms. The van der Waals surface area contributed by atoms with Crippen LogP contribution in [0.1, 0.15) is 37.4 Å². The topological polar surface area (TPSA) is 113 Å². The number of amides is 1. The first-order valence-corrected chi connectivity index (χ1v) is 11.2. The number of ether oxygens (including phenoxy) is 1. The first-order valence-electron chi connectivity index (χ1n) is 11.2. The van der Waals surface area contributed by atoms with Crippen molar-refractivity contribution in [2.75, 3.05) is 33.3 Å². The number of hydrogen-bond acceptors (Lipinski definition) is 7. The van der Waals surface area contributed by atoms with Gasteiger partial charge in [0, 0.05) is 24.2 Å². The van der Waals surface area contributed by atoms with Gasteiger partial charge in [-0.1, -0.05) is 26.0 Å². The second-order valence-corrected chi connectivity index (χ2v) is 7.95. The van der Waals surface area contributed by atoms with Crippen LogP contribution in [0.5, 0.6) is 5.75 Å². The van der Waals surface area contributed by atoms with E-state index in [0.717, 1.165) is 19.6 Å². The van der Waals surface area contributed by atoms with Gasteiger partial charge < -0.3 is 19.6 Å². The lowest BCUT2D eigenvalue weighted by molar-refractivity contribution is -0.384. The molecule has 0 aromatic heterocycles. The summed E-state index contributed by atoms with van der Waals surface area (Å²) in [5.41, 5.74) is 0.498. The van der Waals surface area contributed by atoms with Gasteiger partial charge >= 0.3 is 0 Å². The fourth-order valence-corrected chi connectivity index (χ4v) is 4.17. The first-order chi connectivity index (χ1) is 16.3. The van der Waals surface area contributed by atoms with Gasteiger partial charge in [0.2, 0.25) is 0 Å². The van der Waals surface area contributed by atoms with Gasteiger partial charge in [-0.05, 0) is 55.9 Å². The van der Waals surface area contributed by atoms with E-state index in [-0.39, 0.29) is 23.6 Å². The predicted octanol–water partition coefficient (Wildman–Crippen LogP) is 3.76. The third-order valence-corrected chi connectivity index (χ3v) is 6.07. The zero-order valence-corrected chi connectivity index (χ0v) is 19.6. The van der Waals surface area contributed by atoms with E-state index in [1.54, 1.807) is 30.3 Å². The van der Waals surface area contributed by atoms with Crippen molar-refractivity contribution in [1.29, 1.82) is 0 Å². The smallest absolute Gasteiger partial charge is 0.295 e. The molecular formula is C25H29N3O6. The lowest BCUT2D eigenvalue weighted by Crippen LogP contribution is -2.33. The largest absolute Gasteiger partial charge is 0.507 e. The third-order valence-electron chi connectivity index (χ3n) is 6.07. The number of likely N-dealkylation sites (tertiary alicyclic amines) is 1. The van der Waals surface area contributed by atoms with Crippen LogP contribution in [0.2, 0.25) is 0 Å². The first kappa shape index (κ1) is 24.9. The van der Waals surface area contributed by atoms with Crippen molar-refractivity contribution in [1.82, 2.24) is 9.80 Å². The molecule has 0 radical (unpaired) electrons. The maximum absolute atomic E-state index is 13.1. The quantitative estimate of drug-likeness (QED) is 0.186. The van der Waals surface area contributed by atoms with Crippen LogP contribution in [-0.2, 0) is 9.59 Å². The van der Waals surface area contributed by atoms with Crippen LogP contribution in [0.15, 0.2) is 54.1 Å². The van der Waals surface area contributed by atoms with Gasteiger partial charge in [-0.2, -0.15) is 0 Å². The molecule has 1 saturated heterocycles. The molecule has 9 nitrogen and oxygen atoms in total. The molecule has 1 aliphatic heterocycles. The van der Waals surface area contributed by atoms with Crippen molar-refractivity contribution in [3.05, 3.63) is 75.3 Å². The number of rotatable bonds is 10. The number of hydrogen-bond donors (Lipinski definition) is 1. The Hall–Kier alpha value is -3.72. The van der Waals surface area contributed by atoms with Crippen molar-refractivity contribution in [3.63, 3.8) is 0 Å². The standard InChI is InChI=1S/C25H29N3O6/c1-4-26(5-2)14-7-15-27-22(18-8-6-9-19(16-18)28(32)33)21(24(30)25(27)31)23(29)17-10-12-20(34-3)13-11-17/h6,8-13,16,22,29H,4-5,7,14-15H2,1-3H3/b23-21+/t22-/m0/s1. The van der Waals surface area contributed by atoms with Gasteiger partial charge in [-0.3, -0.25) is 19.7 Å². The molecule has 2 aromatic carbocycles. The number of nitrogens with zero attached hydrogens (tertiary/aromatic N) is 3. The minimum absolute atomic E-state index is 0.0847. The Morgan fingerprint density at radius 1 is 1.15 bits per heavy atom. The lowest BCUT2D eigenvalue weighted by Gasteiger charge is -2.26. The molecule has 0 unspecified atom stereocenters. The fourth-order valence-electron chi connectivity index (χ4n) is 4.17. The van der Waals surface area contributed by atoms with Crippen LogP contribution in [0.4, 0.5) is 5.69 Å². The van der Waals surface area contributed by atoms with Crippen molar-refractivity contribution in [2.45, 2.75) is 26.3 Å². The summed E-state index contributed by atoms with van der Waals surface area (Å²) in [6.45, 7) is 6.83. The van der Waals surface area contributed by atoms with E-state index >= 15 is 0 Å². The summed E-state index contributed by atoms with van der Waals surface area (Å²) in [7, 11) is 1.51. The summed E-state index contributed by atoms with van der Waals surface area (Å²) in [5, 5.41) is 22.5. The Kier molecular flexibility index (Phi) is 8.01. The fraction of sp³-hybridized carbons (Fsp3) is 0.360. The van der Waals surface area contributed by atoms with Gasteiger partial charge in [0.05, 0.1) is 23.6 Å². The summed E-state index contributed by atoms with van der Waals surface area (Å²) in [6.07, 6.45) is 0.614. The average molecular weight is 468 g/mol. The van der Waals surface area contributed by atoms with E-state index in [4.69, 9.17) is 4.74 Å². The summed E-state index contributed by atoms with van der Waals surface area (Å²) >= 11 is 0. The molecule has 1 heterocycles. The Bertz CT molecular complexity index is 1090. The monoisotopic (exact) mass is 467 g/mol. The highest BCUT2D eigenvalue weighted by molar-refractivity contribution is 6.46. The molecule has 3 rings (SSSR count). The summed E-state index contributed by atoms with van der Waals surface area (Å²) in [5.74, 6) is -1.30. The van der Waals surface area contributed by atoms with Crippen LogP contribution in [0.25, 0.3) is 5.76 Å². The number of nitro groups is 1. The molecule has 1 aliphatic rings. The summed E-state index contributed by atoms with van der Waals surface area (Å²) in [6, 6.07) is 11.3. The van der Waals surface area contributed by atoms with Gasteiger partial charge in [0.1, 0.15) is 11.5 Å². The number of carbonyl (C=O) groups is 2. The van der Waals surface area contributed by atoms with Crippen molar-refractivity contribution >= 4 is 23.1 Å². The van der Waals surface area contributed by atoms with E-state index in [0.29, 0.717) is 23.3 Å². The number of benzene rings is 2. The second kappa shape index (κ2) is 10.9. The Labute approximate surface area is 198 Å². The van der Waals surface area contributed by atoms with Crippen molar-refractivity contribution < 1.29 is 24.4 Å². The van der Waals surface area contributed by atoms with E-state index in [1.165, 1.54) is 30.2 Å². The minimum atomic E-state index is -0.932. The number of aliphatic hydroxyl groups excluding tert-OH is 1. The summed E-state index contributed by atoms with van der Waals surface area (Å²) in [4.78, 5) is 40.6. The number of methoxy groups -OCH3 is 1. The maximum atomic E-state index is 13.1. The molecule has 0 saturated carbocycles. The molecule has 2 aromatic rings. The van der Waals surface area contributed by atoms with E-state index in [9.17, 15) is 24.8 Å². The molecule has 1 N–H and O–H groups in total. The lowest BCUT2D eigenvalue weighted by atomic mass is 9.95. The predicted molar refractivity (Wildman–Crippen MR) is 128 cm³/mol. The second-order valence-electron chi connectivity index (χ2n) is 7.95. The van der Waals surface area contributed by atoms with Crippen LogP contribution in [0, 0.1) is 10.1 Å². The van der Waals surface area contributed by atoms with Crippen LogP contribution in [-0.4, -0.2) is 64.8 Å². The molecular weight excluding hydrogens is 438 g/mol. The van der Waals surface area contributed by atoms with Gasteiger partial charge in [-0.15, -0.1) is 0 Å². The molecule has 34 heavy (non-hydrogen) atoms. The normalized spacial score (nSPS) is 17.4. The molecule has 9 heteroatoms. The zero-order chi connectivity index (χ0) is 24.8. The Morgan fingerprint density at radius 3 is 2.41 bits per heavy atom. The van der Waals surface area contributed by atoms with Gasteiger partial charge in [0.25, 0.3) is 17.4 Å². The van der Waals surface area contributed by atoms with Crippen LogP contribution >= 0.6 is 0 Å². The number of non-ortho nitro benzene ring substituents is 1. The highest BCUT2D eigenvalue weighted by Gasteiger charge is 2.46. The number of carbonyl (C=O) groups excluding carboxylic acids is 2. The van der Waals surface area contributed by atoms with Crippen molar-refractivity contribution in [3.8, 4) is 5.75 Å². The molecule has 1 fully saturated rings. The molecule has 0 spiro atoms. The Balaban J connectivity index is 2.07. The molecule has 1 atom stereocenters. The van der Waals surface area contributed by atoms with Crippen LogP contribution < -0.4 is 4.74 Å². The molecule has 0 aliphatic carbocycles. The van der Waals surface area contributed by atoms with Crippen molar-refractivity contribution in [2.24, 2.45) is 0 Å². The number of nitro benzene ring substituents is 1. The minimum Gasteiger partial charge on any atom is -0.507 e. The molecule has 1 amide bonds. The highest BCUT2D eigenvalue weighted by Crippen LogP contribution is 2.40. The average Bonchev–Trinajstić information content (AvgIpc) is 3.11. The Morgan fingerprint density at radius 2 is 1.82 bits per heavy atom. The maximum Gasteiger partial charge on any atom is 0.295 e. The molecule has 180 valence electrons.